The van der Waals surface area contributed by atoms with Crippen molar-refractivity contribution in [2.24, 2.45) is 0 Å². The van der Waals surface area contributed by atoms with Gasteiger partial charge >= 0.3 is 5.97 Å². The summed E-state index contributed by atoms with van der Waals surface area (Å²) in [6, 6.07) is 0.483. The molecule has 5 heteroatoms. The fourth-order valence-electron chi connectivity index (χ4n) is 2.45. The predicted octanol–water partition coefficient (Wildman–Crippen LogP) is 0.944. The Hall–Kier alpha value is -0.650. The van der Waals surface area contributed by atoms with Gasteiger partial charge < -0.3 is 9.64 Å². The zero-order chi connectivity index (χ0) is 15.2. The highest BCUT2D eigenvalue weighted by Crippen LogP contribution is 2.23. The van der Waals surface area contributed by atoms with Crippen LogP contribution in [-0.4, -0.2) is 74.7 Å². The number of carbonyl (C=O) groups excluding carboxylic acids is 1. The van der Waals surface area contributed by atoms with Gasteiger partial charge in [-0.05, 0) is 46.8 Å². The van der Waals surface area contributed by atoms with Crippen LogP contribution in [0.25, 0.3) is 0 Å². The molecule has 1 N–H and O–H groups in total. The van der Waals surface area contributed by atoms with E-state index in [-0.39, 0.29) is 5.97 Å². The summed E-state index contributed by atoms with van der Waals surface area (Å²) in [6.45, 7) is 7.83. The van der Waals surface area contributed by atoms with Gasteiger partial charge in [-0.3, -0.25) is 15.0 Å². The standard InChI is InChI=1S/C15H31N3O2/c1-6-9-18(11-10-17(3)4)12-15(2,14(19)20-5)16-13-7-8-13/h13,16H,6-12H2,1-5H3. The van der Waals surface area contributed by atoms with E-state index in [1.54, 1.807) is 0 Å². The van der Waals surface area contributed by atoms with E-state index in [4.69, 9.17) is 4.74 Å². The monoisotopic (exact) mass is 285 g/mol. The number of likely N-dealkylation sites (N-methyl/N-ethyl adjacent to an activating group) is 1. The Labute approximate surface area is 123 Å². The molecular formula is C15H31N3O2. The predicted molar refractivity (Wildman–Crippen MR) is 81.9 cm³/mol. The van der Waals surface area contributed by atoms with Gasteiger partial charge in [0.15, 0.2) is 0 Å². The second-order valence-electron chi connectivity index (χ2n) is 6.32. The lowest BCUT2D eigenvalue weighted by Gasteiger charge is -2.34. The molecule has 0 aromatic heterocycles. The minimum atomic E-state index is -0.600. The lowest BCUT2D eigenvalue weighted by molar-refractivity contribution is -0.149. The largest absolute Gasteiger partial charge is 0.468 e. The van der Waals surface area contributed by atoms with E-state index in [0.29, 0.717) is 12.6 Å². The summed E-state index contributed by atoms with van der Waals surface area (Å²) in [5.41, 5.74) is -0.600. The molecule has 118 valence electrons. The molecule has 0 radical (unpaired) electrons. The third kappa shape index (κ3) is 5.77. The van der Waals surface area contributed by atoms with Gasteiger partial charge in [0.1, 0.15) is 5.54 Å². The van der Waals surface area contributed by atoms with Gasteiger partial charge in [-0.15, -0.1) is 0 Å². The summed E-state index contributed by atoms with van der Waals surface area (Å²) in [5, 5.41) is 3.46. The van der Waals surface area contributed by atoms with Crippen LogP contribution in [0.3, 0.4) is 0 Å². The van der Waals surface area contributed by atoms with Gasteiger partial charge in [0.05, 0.1) is 7.11 Å². The van der Waals surface area contributed by atoms with E-state index < -0.39 is 5.54 Å². The zero-order valence-corrected chi connectivity index (χ0v) is 13.7. The lowest BCUT2D eigenvalue weighted by Crippen LogP contribution is -2.58. The molecule has 1 saturated carbocycles. The first-order valence-corrected chi connectivity index (χ1v) is 7.64. The Morgan fingerprint density at radius 2 is 1.95 bits per heavy atom. The summed E-state index contributed by atoms with van der Waals surface area (Å²) in [6.07, 6.45) is 3.42. The summed E-state index contributed by atoms with van der Waals surface area (Å²) < 4.78 is 5.01. The first-order chi connectivity index (χ1) is 9.41. The normalized spacial score (nSPS) is 18.4. The van der Waals surface area contributed by atoms with Gasteiger partial charge in [0.25, 0.3) is 0 Å². The average Bonchev–Trinajstić information content (AvgIpc) is 3.18. The number of hydrogen-bond donors (Lipinski definition) is 1. The van der Waals surface area contributed by atoms with Crippen LogP contribution < -0.4 is 5.32 Å². The summed E-state index contributed by atoms with van der Waals surface area (Å²) >= 11 is 0. The molecule has 0 aromatic carbocycles. The van der Waals surface area contributed by atoms with Gasteiger partial charge in [0, 0.05) is 25.7 Å². The smallest absolute Gasteiger partial charge is 0.327 e. The van der Waals surface area contributed by atoms with Crippen LogP contribution >= 0.6 is 0 Å². The SMILES string of the molecule is CCCN(CCN(C)C)CC(C)(NC1CC1)C(=O)OC. The Bertz CT molecular complexity index is 305. The van der Waals surface area contributed by atoms with Crippen molar-refractivity contribution >= 4 is 5.97 Å². The summed E-state index contributed by atoms with van der Waals surface area (Å²) in [7, 11) is 5.62. The van der Waals surface area contributed by atoms with Gasteiger partial charge in [-0.25, -0.2) is 0 Å². The Morgan fingerprint density at radius 1 is 1.30 bits per heavy atom. The number of carbonyl (C=O) groups is 1. The van der Waals surface area contributed by atoms with Gasteiger partial charge in [-0.1, -0.05) is 6.92 Å². The Morgan fingerprint density at radius 3 is 2.40 bits per heavy atom. The highest BCUT2D eigenvalue weighted by Gasteiger charge is 2.40. The maximum absolute atomic E-state index is 12.2. The number of nitrogens with zero attached hydrogens (tertiary/aromatic N) is 2. The average molecular weight is 285 g/mol. The molecule has 0 saturated heterocycles. The van der Waals surface area contributed by atoms with Gasteiger partial charge in [0.2, 0.25) is 0 Å². The Kier molecular flexibility index (Phi) is 6.92. The molecule has 1 fully saturated rings. The van der Waals surface area contributed by atoms with Crippen molar-refractivity contribution < 1.29 is 9.53 Å². The second kappa shape index (κ2) is 7.96. The molecule has 1 atom stereocenters. The second-order valence-corrected chi connectivity index (χ2v) is 6.32. The number of methoxy groups -OCH3 is 1. The maximum Gasteiger partial charge on any atom is 0.327 e. The van der Waals surface area contributed by atoms with E-state index in [9.17, 15) is 4.79 Å². The molecule has 1 rings (SSSR count). The first-order valence-electron chi connectivity index (χ1n) is 7.64. The zero-order valence-electron chi connectivity index (χ0n) is 13.7. The number of ether oxygens (including phenoxy) is 1. The van der Waals surface area contributed by atoms with Gasteiger partial charge in [-0.2, -0.15) is 0 Å². The molecule has 1 aliphatic carbocycles. The van der Waals surface area contributed by atoms with E-state index in [1.165, 1.54) is 7.11 Å². The van der Waals surface area contributed by atoms with E-state index in [0.717, 1.165) is 38.9 Å². The van der Waals surface area contributed by atoms with Crippen LogP contribution in [0, 0.1) is 0 Å². The molecule has 20 heavy (non-hydrogen) atoms. The molecule has 0 bridgehead atoms. The number of esters is 1. The molecule has 0 heterocycles. The summed E-state index contributed by atoms with van der Waals surface area (Å²) in [4.78, 5) is 16.7. The van der Waals surface area contributed by atoms with Crippen molar-refractivity contribution in [3.63, 3.8) is 0 Å². The fraction of sp³-hybridized carbons (Fsp3) is 0.933. The lowest BCUT2D eigenvalue weighted by atomic mass is 10.0. The topological polar surface area (TPSA) is 44.8 Å². The quantitative estimate of drug-likeness (QED) is 0.605. The molecular weight excluding hydrogens is 254 g/mol. The van der Waals surface area contributed by atoms with Crippen LogP contribution in [0.4, 0.5) is 0 Å². The van der Waals surface area contributed by atoms with Crippen molar-refractivity contribution in [1.82, 2.24) is 15.1 Å². The molecule has 0 aliphatic heterocycles. The van der Waals surface area contributed by atoms with Crippen LogP contribution in [0.5, 0.6) is 0 Å². The molecule has 0 amide bonds. The van der Waals surface area contributed by atoms with Crippen molar-refractivity contribution in [1.29, 1.82) is 0 Å². The van der Waals surface area contributed by atoms with E-state index in [2.05, 4.69) is 36.1 Å². The van der Waals surface area contributed by atoms with Crippen LogP contribution in [0.15, 0.2) is 0 Å². The third-order valence-corrected chi connectivity index (χ3v) is 3.68. The molecule has 5 nitrogen and oxygen atoms in total. The molecule has 1 unspecified atom stereocenters. The van der Waals surface area contributed by atoms with E-state index in [1.807, 2.05) is 6.92 Å². The first kappa shape index (κ1) is 17.4. The van der Waals surface area contributed by atoms with E-state index >= 15 is 0 Å². The van der Waals surface area contributed by atoms with Crippen molar-refractivity contribution in [3.8, 4) is 0 Å². The maximum atomic E-state index is 12.2. The summed E-state index contributed by atoms with van der Waals surface area (Å²) in [5.74, 6) is -0.157. The number of nitrogens with one attached hydrogen (secondary N) is 1. The van der Waals surface area contributed by atoms with Crippen molar-refractivity contribution in [2.75, 3.05) is 47.4 Å². The number of hydrogen-bond acceptors (Lipinski definition) is 5. The van der Waals surface area contributed by atoms with Crippen molar-refractivity contribution in [3.05, 3.63) is 0 Å². The minimum Gasteiger partial charge on any atom is -0.468 e. The molecule has 0 spiro atoms. The van der Waals surface area contributed by atoms with Crippen molar-refractivity contribution in [2.45, 2.75) is 44.7 Å². The highest BCUT2D eigenvalue weighted by atomic mass is 16.5. The molecule has 1 aliphatic rings. The third-order valence-electron chi connectivity index (χ3n) is 3.68. The number of rotatable bonds is 10. The van der Waals surface area contributed by atoms with Crippen LogP contribution in [-0.2, 0) is 9.53 Å². The Balaban J connectivity index is 2.64. The molecule has 0 aromatic rings. The van der Waals surface area contributed by atoms with Crippen LogP contribution in [0.2, 0.25) is 0 Å². The highest BCUT2D eigenvalue weighted by molar-refractivity contribution is 5.80. The minimum absolute atomic E-state index is 0.157. The van der Waals surface area contributed by atoms with Crippen LogP contribution in [0.1, 0.15) is 33.1 Å². The fourth-order valence-corrected chi connectivity index (χ4v) is 2.45.